The number of aromatic nitrogens is 1. The topological polar surface area (TPSA) is 43.1 Å². The van der Waals surface area contributed by atoms with Crippen LogP contribution < -0.4 is 10.6 Å². The minimum absolute atomic E-state index is 0.781. The number of nitrogens with one attached hydrogen (secondary N) is 3. The number of hydrogen-bond acceptors (Lipinski definition) is 3. The van der Waals surface area contributed by atoms with E-state index >= 15 is 0 Å². The maximum atomic E-state index is 6.17. The van der Waals surface area contributed by atoms with Gasteiger partial charge in [0.25, 0.3) is 0 Å². The molecule has 16 heavy (non-hydrogen) atoms. The number of piperazine rings is 1. The highest BCUT2D eigenvalue weighted by molar-refractivity contribution is 6.30. The molecule has 2 heterocycles. The van der Waals surface area contributed by atoms with Crippen molar-refractivity contribution in [2.45, 2.75) is 13.1 Å². The number of rotatable bonds is 4. The largest absolute Gasteiger partial charge is 0.348 e. The SMILES string of the molecule is CNCc1cc(CN2CCNCC2)c(Cl)[nH]1. The number of H-pyrrole nitrogens is 1. The van der Waals surface area contributed by atoms with Crippen LogP contribution in [0.25, 0.3) is 0 Å². The second kappa shape index (κ2) is 5.68. The molecule has 0 atom stereocenters. The molecule has 3 N–H and O–H groups in total. The van der Waals surface area contributed by atoms with Gasteiger partial charge in [0.2, 0.25) is 0 Å². The van der Waals surface area contributed by atoms with Crippen molar-refractivity contribution in [3.63, 3.8) is 0 Å². The lowest BCUT2D eigenvalue weighted by atomic mass is 10.2. The molecule has 0 radical (unpaired) electrons. The first-order valence-corrected chi connectivity index (χ1v) is 6.11. The van der Waals surface area contributed by atoms with Crippen molar-refractivity contribution in [3.8, 4) is 0 Å². The Bertz CT molecular complexity index is 331. The minimum atomic E-state index is 0.781. The fourth-order valence-electron chi connectivity index (χ4n) is 2.04. The van der Waals surface area contributed by atoms with Crippen molar-refractivity contribution in [2.75, 3.05) is 33.2 Å². The van der Waals surface area contributed by atoms with E-state index in [1.807, 2.05) is 7.05 Å². The van der Waals surface area contributed by atoms with Gasteiger partial charge in [-0.15, -0.1) is 0 Å². The molecule has 0 amide bonds. The molecule has 1 aromatic rings. The summed E-state index contributed by atoms with van der Waals surface area (Å²) in [7, 11) is 1.94. The Morgan fingerprint density at radius 3 is 2.88 bits per heavy atom. The molecule has 1 fully saturated rings. The maximum absolute atomic E-state index is 6.17. The van der Waals surface area contributed by atoms with E-state index in [0.29, 0.717) is 0 Å². The Hall–Kier alpha value is -0.550. The zero-order chi connectivity index (χ0) is 11.4. The highest BCUT2D eigenvalue weighted by Crippen LogP contribution is 2.18. The standard InChI is InChI=1S/C11H19ClN4/c1-13-7-10-6-9(11(12)15-10)8-16-4-2-14-3-5-16/h6,13-15H,2-5,7-8H2,1H3. The summed E-state index contributed by atoms with van der Waals surface area (Å²) in [4.78, 5) is 5.62. The lowest BCUT2D eigenvalue weighted by Crippen LogP contribution is -2.42. The van der Waals surface area contributed by atoms with Crippen molar-refractivity contribution < 1.29 is 0 Å². The number of hydrogen-bond donors (Lipinski definition) is 3. The van der Waals surface area contributed by atoms with Crippen LogP contribution in [0.3, 0.4) is 0 Å². The van der Waals surface area contributed by atoms with Crippen LogP contribution >= 0.6 is 11.6 Å². The average Bonchev–Trinajstić information content (AvgIpc) is 2.61. The molecule has 2 rings (SSSR count). The molecule has 4 nitrogen and oxygen atoms in total. The van der Waals surface area contributed by atoms with Crippen LogP contribution in [0.1, 0.15) is 11.3 Å². The second-order valence-electron chi connectivity index (χ2n) is 4.19. The highest BCUT2D eigenvalue weighted by Gasteiger charge is 2.13. The summed E-state index contributed by atoms with van der Waals surface area (Å²) in [5.74, 6) is 0. The summed E-state index contributed by atoms with van der Waals surface area (Å²) in [6.07, 6.45) is 0. The zero-order valence-electron chi connectivity index (χ0n) is 9.65. The van der Waals surface area contributed by atoms with Crippen molar-refractivity contribution in [3.05, 3.63) is 22.5 Å². The van der Waals surface area contributed by atoms with Gasteiger partial charge in [-0.1, -0.05) is 11.6 Å². The van der Waals surface area contributed by atoms with E-state index in [-0.39, 0.29) is 0 Å². The summed E-state index contributed by atoms with van der Waals surface area (Å²) in [5, 5.41) is 7.24. The van der Waals surface area contributed by atoms with Crippen molar-refractivity contribution in [1.82, 2.24) is 20.5 Å². The second-order valence-corrected chi connectivity index (χ2v) is 4.57. The number of halogens is 1. The van der Waals surface area contributed by atoms with Crippen LogP contribution in [0.4, 0.5) is 0 Å². The smallest absolute Gasteiger partial charge is 0.111 e. The molecule has 0 spiro atoms. The molecule has 1 aliphatic heterocycles. The quantitative estimate of drug-likeness (QED) is 0.732. The Balaban J connectivity index is 1.96. The van der Waals surface area contributed by atoms with Gasteiger partial charge >= 0.3 is 0 Å². The Labute approximate surface area is 101 Å². The van der Waals surface area contributed by atoms with Gasteiger partial charge in [-0.2, -0.15) is 0 Å². The summed E-state index contributed by atoms with van der Waals surface area (Å²) in [6, 6.07) is 2.15. The monoisotopic (exact) mass is 242 g/mol. The van der Waals surface area contributed by atoms with Gasteiger partial charge in [-0.05, 0) is 13.1 Å². The molecule has 1 saturated heterocycles. The maximum Gasteiger partial charge on any atom is 0.111 e. The Morgan fingerprint density at radius 1 is 1.44 bits per heavy atom. The van der Waals surface area contributed by atoms with Gasteiger partial charge in [0, 0.05) is 50.5 Å². The highest BCUT2D eigenvalue weighted by atomic mass is 35.5. The summed E-state index contributed by atoms with van der Waals surface area (Å²) >= 11 is 6.17. The van der Waals surface area contributed by atoms with E-state index in [1.165, 1.54) is 5.56 Å². The van der Waals surface area contributed by atoms with Crippen molar-refractivity contribution >= 4 is 11.6 Å². The van der Waals surface area contributed by atoms with Gasteiger partial charge in [-0.3, -0.25) is 4.90 Å². The van der Waals surface area contributed by atoms with Gasteiger partial charge in [0.05, 0.1) is 0 Å². The van der Waals surface area contributed by atoms with Gasteiger partial charge < -0.3 is 15.6 Å². The van der Waals surface area contributed by atoms with Crippen LogP contribution in [0.5, 0.6) is 0 Å². The Kier molecular flexibility index (Phi) is 4.23. The first kappa shape index (κ1) is 11.9. The van der Waals surface area contributed by atoms with Crippen LogP contribution in [-0.4, -0.2) is 43.1 Å². The van der Waals surface area contributed by atoms with Gasteiger partial charge in [0.15, 0.2) is 0 Å². The first-order chi connectivity index (χ1) is 7.79. The number of aromatic amines is 1. The van der Waals surface area contributed by atoms with Crippen LogP contribution in [0, 0.1) is 0 Å². The molecule has 90 valence electrons. The molecule has 0 unspecified atom stereocenters. The third-order valence-electron chi connectivity index (χ3n) is 2.87. The summed E-state index contributed by atoms with van der Waals surface area (Å²) in [6.45, 7) is 6.13. The lowest BCUT2D eigenvalue weighted by Gasteiger charge is -2.26. The molecule has 1 aliphatic rings. The van der Waals surface area contributed by atoms with E-state index in [9.17, 15) is 0 Å². The third kappa shape index (κ3) is 2.98. The molecular formula is C11H19ClN4. The van der Waals surface area contributed by atoms with Crippen LogP contribution in [0.2, 0.25) is 5.15 Å². The molecule has 0 aliphatic carbocycles. The fourth-order valence-corrected chi connectivity index (χ4v) is 2.28. The predicted molar refractivity (Wildman–Crippen MR) is 66.7 cm³/mol. The summed E-state index contributed by atoms with van der Waals surface area (Å²) < 4.78 is 0. The van der Waals surface area contributed by atoms with E-state index in [2.05, 4.69) is 26.6 Å². The van der Waals surface area contributed by atoms with E-state index < -0.39 is 0 Å². The fraction of sp³-hybridized carbons (Fsp3) is 0.636. The lowest BCUT2D eigenvalue weighted by molar-refractivity contribution is 0.233. The molecule has 0 saturated carbocycles. The molecular weight excluding hydrogens is 224 g/mol. The normalized spacial score (nSPS) is 17.9. The molecule has 5 heteroatoms. The van der Waals surface area contributed by atoms with Crippen LogP contribution in [-0.2, 0) is 13.1 Å². The van der Waals surface area contributed by atoms with Crippen molar-refractivity contribution in [1.29, 1.82) is 0 Å². The Morgan fingerprint density at radius 2 is 2.19 bits per heavy atom. The minimum Gasteiger partial charge on any atom is -0.348 e. The van der Waals surface area contributed by atoms with Crippen LogP contribution in [0.15, 0.2) is 6.07 Å². The zero-order valence-corrected chi connectivity index (χ0v) is 10.4. The van der Waals surface area contributed by atoms with Crippen molar-refractivity contribution in [2.24, 2.45) is 0 Å². The first-order valence-electron chi connectivity index (χ1n) is 5.73. The number of nitrogens with zero attached hydrogens (tertiary/aromatic N) is 1. The summed E-state index contributed by atoms with van der Waals surface area (Å²) in [5.41, 5.74) is 2.35. The molecule has 1 aromatic heterocycles. The van der Waals surface area contributed by atoms with Gasteiger partial charge in [-0.25, -0.2) is 0 Å². The molecule has 0 aromatic carbocycles. The molecule has 0 bridgehead atoms. The van der Waals surface area contributed by atoms with E-state index in [0.717, 1.165) is 50.1 Å². The van der Waals surface area contributed by atoms with Gasteiger partial charge in [0.1, 0.15) is 5.15 Å². The van der Waals surface area contributed by atoms with E-state index in [1.54, 1.807) is 0 Å². The predicted octanol–water partition coefficient (Wildman–Crippen LogP) is 0.793. The van der Waals surface area contributed by atoms with E-state index in [4.69, 9.17) is 11.6 Å². The average molecular weight is 243 g/mol. The third-order valence-corrected chi connectivity index (χ3v) is 3.21.